The maximum absolute atomic E-state index is 12.7. The molecular weight excluding hydrogens is 404 g/mol. The molecule has 6 heteroatoms. The van der Waals surface area contributed by atoms with Crippen LogP contribution >= 0.6 is 0 Å². The van der Waals surface area contributed by atoms with E-state index in [1.54, 1.807) is 6.20 Å². The predicted octanol–water partition coefficient (Wildman–Crippen LogP) is 4.74. The fraction of sp³-hybridized carbons (Fsp3) is 0.269. The number of benzene rings is 2. The average molecular weight is 431 g/mol. The number of likely N-dealkylation sites (N-methyl/N-ethyl adjacent to an activating group) is 1. The fourth-order valence-electron chi connectivity index (χ4n) is 4.33. The van der Waals surface area contributed by atoms with Crippen molar-refractivity contribution < 1.29 is 19.4 Å². The molecule has 32 heavy (non-hydrogen) atoms. The summed E-state index contributed by atoms with van der Waals surface area (Å²) in [5, 5.41) is 9.66. The van der Waals surface area contributed by atoms with Crippen molar-refractivity contribution in [3.63, 3.8) is 0 Å². The lowest BCUT2D eigenvalue weighted by atomic mass is 9.98. The monoisotopic (exact) mass is 430 g/mol. The van der Waals surface area contributed by atoms with Crippen LogP contribution in [-0.2, 0) is 16.0 Å². The highest BCUT2D eigenvalue weighted by Gasteiger charge is 2.31. The zero-order valence-corrected chi connectivity index (χ0v) is 18.0. The quantitative estimate of drug-likeness (QED) is 0.558. The Balaban J connectivity index is 1.39. The van der Waals surface area contributed by atoms with Crippen molar-refractivity contribution >= 4 is 12.1 Å². The van der Waals surface area contributed by atoms with E-state index in [2.05, 4.69) is 29.2 Å². The largest absolute Gasteiger partial charge is 0.480 e. The van der Waals surface area contributed by atoms with Gasteiger partial charge in [-0.1, -0.05) is 54.6 Å². The molecule has 1 aliphatic carbocycles. The summed E-state index contributed by atoms with van der Waals surface area (Å²) in [5.41, 5.74) is 5.44. The van der Waals surface area contributed by atoms with Crippen molar-refractivity contribution in [3.05, 3.63) is 89.7 Å². The van der Waals surface area contributed by atoms with E-state index in [1.165, 1.54) is 11.9 Å². The molecule has 164 valence electrons. The summed E-state index contributed by atoms with van der Waals surface area (Å²) in [6, 6.07) is 20.9. The molecule has 4 rings (SSSR count). The zero-order chi connectivity index (χ0) is 22.5. The standard InChI is InChI=1S/C26H26N2O4/c1-28(24(25(29)30)15-8-10-18-9-6-7-16-27-18)26(31)32-17-23-21-13-4-2-11-19(21)20-12-3-5-14-22(20)23/h2-7,9,11-14,16,23-24H,8,10,15,17H2,1H3,(H,29,30)/t24-/m1/s1. The number of aryl methyl sites for hydroxylation is 1. The van der Waals surface area contributed by atoms with Crippen molar-refractivity contribution in [2.24, 2.45) is 0 Å². The second-order valence-corrected chi connectivity index (χ2v) is 7.98. The number of carbonyl (C=O) groups is 2. The maximum atomic E-state index is 12.7. The third-order valence-corrected chi connectivity index (χ3v) is 6.01. The van der Waals surface area contributed by atoms with Crippen LogP contribution in [0.1, 0.15) is 35.6 Å². The van der Waals surface area contributed by atoms with Crippen LogP contribution < -0.4 is 0 Å². The number of carbonyl (C=O) groups excluding carboxylic acids is 1. The molecule has 0 radical (unpaired) electrons. The van der Waals surface area contributed by atoms with Gasteiger partial charge in [0.25, 0.3) is 0 Å². The van der Waals surface area contributed by atoms with Crippen LogP contribution in [0.3, 0.4) is 0 Å². The van der Waals surface area contributed by atoms with Crippen LogP contribution in [0.15, 0.2) is 72.9 Å². The Morgan fingerprint density at radius 1 is 1.00 bits per heavy atom. The minimum Gasteiger partial charge on any atom is -0.480 e. The van der Waals surface area contributed by atoms with Gasteiger partial charge in [-0.3, -0.25) is 9.88 Å². The third-order valence-electron chi connectivity index (χ3n) is 6.01. The van der Waals surface area contributed by atoms with Gasteiger partial charge in [0.05, 0.1) is 0 Å². The van der Waals surface area contributed by atoms with Gasteiger partial charge in [-0.05, 0) is 53.6 Å². The molecule has 0 fully saturated rings. The summed E-state index contributed by atoms with van der Waals surface area (Å²) in [4.78, 5) is 30.0. The number of hydrogen-bond donors (Lipinski definition) is 1. The fourth-order valence-corrected chi connectivity index (χ4v) is 4.33. The van der Waals surface area contributed by atoms with E-state index in [4.69, 9.17) is 4.74 Å². The Kier molecular flexibility index (Phi) is 6.50. The van der Waals surface area contributed by atoms with E-state index in [-0.39, 0.29) is 12.5 Å². The Morgan fingerprint density at radius 3 is 2.22 bits per heavy atom. The van der Waals surface area contributed by atoms with Gasteiger partial charge in [-0.25, -0.2) is 9.59 Å². The molecule has 1 aromatic heterocycles. The summed E-state index contributed by atoms with van der Waals surface area (Å²) < 4.78 is 5.61. The van der Waals surface area contributed by atoms with Crippen molar-refractivity contribution in [1.82, 2.24) is 9.88 Å². The Labute approximate surface area is 187 Å². The number of hydrogen-bond acceptors (Lipinski definition) is 4. The summed E-state index contributed by atoms with van der Waals surface area (Å²) in [6.45, 7) is 0.164. The normalized spacial score (nSPS) is 13.2. The van der Waals surface area contributed by atoms with Crippen molar-refractivity contribution in [2.45, 2.75) is 31.2 Å². The Bertz CT molecular complexity index is 1050. The molecule has 1 aliphatic rings. The highest BCUT2D eigenvalue weighted by molar-refractivity contribution is 5.81. The van der Waals surface area contributed by atoms with Crippen LogP contribution in [0.4, 0.5) is 4.79 Å². The molecule has 0 saturated carbocycles. The summed E-state index contributed by atoms with van der Waals surface area (Å²) in [5.74, 6) is -1.10. The molecular formula is C26H26N2O4. The molecule has 3 aromatic rings. The number of ether oxygens (including phenoxy) is 1. The first kappa shape index (κ1) is 21.6. The first-order chi connectivity index (χ1) is 15.6. The predicted molar refractivity (Wildman–Crippen MR) is 121 cm³/mol. The van der Waals surface area contributed by atoms with E-state index < -0.39 is 18.1 Å². The molecule has 0 bridgehead atoms. The number of aromatic nitrogens is 1. The van der Waals surface area contributed by atoms with Gasteiger partial charge in [-0.15, -0.1) is 0 Å². The smallest absolute Gasteiger partial charge is 0.410 e. The van der Waals surface area contributed by atoms with Gasteiger partial charge in [0.2, 0.25) is 0 Å². The van der Waals surface area contributed by atoms with Gasteiger partial charge in [-0.2, -0.15) is 0 Å². The van der Waals surface area contributed by atoms with Gasteiger partial charge in [0.1, 0.15) is 12.6 Å². The first-order valence-corrected chi connectivity index (χ1v) is 10.8. The summed E-state index contributed by atoms with van der Waals surface area (Å²) >= 11 is 0. The third kappa shape index (κ3) is 4.49. The second-order valence-electron chi connectivity index (χ2n) is 7.98. The van der Waals surface area contributed by atoms with Gasteiger partial charge >= 0.3 is 12.1 Å². The molecule has 1 N–H and O–H groups in total. The van der Waals surface area contributed by atoms with Gasteiger partial charge in [0, 0.05) is 24.9 Å². The molecule has 1 amide bonds. The van der Waals surface area contributed by atoms with E-state index in [9.17, 15) is 14.7 Å². The lowest BCUT2D eigenvalue weighted by Crippen LogP contribution is -2.43. The molecule has 2 aromatic carbocycles. The number of carboxylic acids is 1. The molecule has 1 atom stereocenters. The highest BCUT2D eigenvalue weighted by atomic mass is 16.6. The summed E-state index contributed by atoms with van der Waals surface area (Å²) in [6.07, 6.45) is 2.68. The average Bonchev–Trinajstić information content (AvgIpc) is 3.14. The first-order valence-electron chi connectivity index (χ1n) is 10.8. The highest BCUT2D eigenvalue weighted by Crippen LogP contribution is 2.44. The number of pyridine rings is 1. The lowest BCUT2D eigenvalue weighted by Gasteiger charge is -2.25. The van der Waals surface area contributed by atoms with E-state index in [0.29, 0.717) is 19.3 Å². The Morgan fingerprint density at radius 2 is 1.62 bits per heavy atom. The zero-order valence-electron chi connectivity index (χ0n) is 18.0. The number of amides is 1. The van der Waals surface area contributed by atoms with E-state index in [1.807, 2.05) is 42.5 Å². The topological polar surface area (TPSA) is 79.7 Å². The van der Waals surface area contributed by atoms with E-state index in [0.717, 1.165) is 27.9 Å². The van der Waals surface area contributed by atoms with Crippen molar-refractivity contribution in [1.29, 1.82) is 0 Å². The SMILES string of the molecule is CN(C(=O)OCC1c2ccccc2-c2ccccc21)[C@H](CCCc1ccccn1)C(=O)O. The van der Waals surface area contributed by atoms with Crippen molar-refractivity contribution in [2.75, 3.05) is 13.7 Å². The van der Waals surface area contributed by atoms with Crippen LogP contribution in [0.5, 0.6) is 0 Å². The van der Waals surface area contributed by atoms with Gasteiger partial charge in [0.15, 0.2) is 0 Å². The number of rotatable bonds is 8. The van der Waals surface area contributed by atoms with Crippen LogP contribution in [0.25, 0.3) is 11.1 Å². The van der Waals surface area contributed by atoms with Crippen LogP contribution in [0, 0.1) is 0 Å². The maximum Gasteiger partial charge on any atom is 0.410 e. The molecule has 0 saturated heterocycles. The molecule has 0 aliphatic heterocycles. The number of fused-ring (bicyclic) bond motifs is 3. The van der Waals surface area contributed by atoms with Crippen molar-refractivity contribution in [3.8, 4) is 11.1 Å². The van der Waals surface area contributed by atoms with Gasteiger partial charge < -0.3 is 9.84 Å². The summed E-state index contributed by atoms with van der Waals surface area (Å²) in [7, 11) is 1.48. The van der Waals surface area contributed by atoms with Crippen LogP contribution in [-0.4, -0.2) is 46.7 Å². The molecule has 0 unspecified atom stereocenters. The molecule has 0 spiro atoms. The Hall–Kier alpha value is -3.67. The molecule has 6 nitrogen and oxygen atoms in total. The van der Waals surface area contributed by atoms with E-state index >= 15 is 0 Å². The number of nitrogens with zero attached hydrogens (tertiary/aromatic N) is 2. The minimum atomic E-state index is -1.04. The minimum absolute atomic E-state index is 0.0628. The number of carboxylic acid groups (broad SMARTS) is 1. The number of aliphatic carboxylic acids is 1. The molecule has 1 heterocycles. The van der Waals surface area contributed by atoms with Crippen LogP contribution in [0.2, 0.25) is 0 Å². The lowest BCUT2D eigenvalue weighted by molar-refractivity contribution is -0.142. The second kappa shape index (κ2) is 9.64.